The van der Waals surface area contributed by atoms with E-state index in [9.17, 15) is 31.1 Å². The van der Waals surface area contributed by atoms with Gasteiger partial charge in [-0.1, -0.05) is 0 Å². The third-order valence-electron chi connectivity index (χ3n) is 5.02. The van der Waals surface area contributed by atoms with Gasteiger partial charge in [-0.15, -0.1) is 0 Å². The van der Waals surface area contributed by atoms with Crippen LogP contribution in [0, 0.1) is 6.92 Å². The molecule has 208 valence electrons. The van der Waals surface area contributed by atoms with Gasteiger partial charge in [-0.2, -0.15) is 31.4 Å². The number of nitrogens with zero attached hydrogens (tertiary/aromatic N) is 1. The van der Waals surface area contributed by atoms with Gasteiger partial charge >= 0.3 is 30.3 Å². The second-order valence-electron chi connectivity index (χ2n) is 7.83. The van der Waals surface area contributed by atoms with Gasteiger partial charge in [0.2, 0.25) is 0 Å². The molecule has 0 spiro atoms. The second kappa shape index (κ2) is 13.7. The molecule has 0 radical (unpaired) electrons. The minimum Gasteiger partial charge on any atom is -0.490 e. The Hall–Kier alpha value is -3.56. The molecular formula is C21H25F6N3O7. The van der Waals surface area contributed by atoms with Crippen LogP contribution in [0.15, 0.2) is 18.3 Å². The molecule has 37 heavy (non-hydrogen) atoms. The summed E-state index contributed by atoms with van der Waals surface area (Å²) in [5.74, 6) is -5.36. The zero-order valence-electron chi connectivity index (χ0n) is 19.3. The van der Waals surface area contributed by atoms with E-state index in [0.717, 1.165) is 47.9 Å². The zero-order chi connectivity index (χ0) is 28.4. The first-order valence-corrected chi connectivity index (χ1v) is 10.7. The van der Waals surface area contributed by atoms with Gasteiger partial charge in [-0.25, -0.2) is 9.59 Å². The van der Waals surface area contributed by atoms with Gasteiger partial charge in [0.1, 0.15) is 11.9 Å². The Bertz CT molecular complexity index is 1030. The van der Waals surface area contributed by atoms with Gasteiger partial charge in [0.05, 0.1) is 18.1 Å². The van der Waals surface area contributed by atoms with Crippen LogP contribution in [0.1, 0.15) is 37.7 Å². The molecule has 10 nitrogen and oxygen atoms in total. The fraction of sp³-hybridized carbons (Fsp3) is 0.524. The van der Waals surface area contributed by atoms with Crippen LogP contribution in [0.4, 0.5) is 26.3 Å². The van der Waals surface area contributed by atoms with Crippen molar-refractivity contribution in [2.24, 2.45) is 0 Å². The topological polar surface area (TPSA) is 162 Å². The third kappa shape index (κ3) is 11.4. The normalized spacial score (nSPS) is 17.6. The molecule has 0 saturated heterocycles. The van der Waals surface area contributed by atoms with Crippen molar-refractivity contribution in [3.63, 3.8) is 0 Å². The minimum absolute atomic E-state index is 0.165. The van der Waals surface area contributed by atoms with E-state index in [1.165, 1.54) is 0 Å². The van der Waals surface area contributed by atoms with E-state index < -0.39 is 30.3 Å². The number of aromatic nitrogens is 2. The van der Waals surface area contributed by atoms with Gasteiger partial charge in [-0.3, -0.25) is 9.89 Å². The van der Waals surface area contributed by atoms with Crippen LogP contribution in [-0.2, 0) is 14.4 Å². The second-order valence-corrected chi connectivity index (χ2v) is 7.83. The monoisotopic (exact) mass is 545 g/mol. The van der Waals surface area contributed by atoms with Crippen molar-refractivity contribution < 1.29 is 60.8 Å². The quantitative estimate of drug-likeness (QED) is 0.339. The van der Waals surface area contributed by atoms with Crippen molar-refractivity contribution in [2.75, 3.05) is 6.54 Å². The lowest BCUT2D eigenvalue weighted by Gasteiger charge is -2.30. The number of hydrogen-bond donors (Lipinski definition) is 5. The van der Waals surface area contributed by atoms with Crippen LogP contribution in [0.3, 0.4) is 0 Å². The van der Waals surface area contributed by atoms with E-state index in [-0.39, 0.29) is 12.5 Å². The first-order valence-electron chi connectivity index (χ1n) is 10.7. The Morgan fingerprint density at radius 3 is 2.14 bits per heavy atom. The number of ether oxygens (including phenoxy) is 1. The van der Waals surface area contributed by atoms with Crippen molar-refractivity contribution in [3.05, 3.63) is 23.9 Å². The maximum atomic E-state index is 10.6. The third-order valence-corrected chi connectivity index (χ3v) is 5.02. The molecule has 0 unspecified atom stereocenters. The van der Waals surface area contributed by atoms with Crippen LogP contribution in [0.25, 0.3) is 10.9 Å². The molecule has 1 heterocycles. The Balaban J connectivity index is 0.000000404. The molecule has 5 N–H and O–H groups in total. The molecule has 0 amide bonds. The number of carbonyl (C=O) groups is 3. The molecule has 2 atom stereocenters. The summed E-state index contributed by atoms with van der Waals surface area (Å²) >= 11 is 0. The zero-order valence-corrected chi connectivity index (χ0v) is 19.3. The molecule has 1 aromatic carbocycles. The molecule has 2 aromatic rings. The Kier molecular flexibility index (Phi) is 11.6. The fourth-order valence-corrected chi connectivity index (χ4v) is 3.27. The largest absolute Gasteiger partial charge is 0.490 e. The molecule has 0 aliphatic heterocycles. The van der Waals surface area contributed by atoms with Gasteiger partial charge in [0.25, 0.3) is 0 Å². The lowest BCUT2D eigenvalue weighted by molar-refractivity contribution is -0.193. The van der Waals surface area contributed by atoms with E-state index in [1.807, 2.05) is 18.3 Å². The number of aromatic amines is 1. The van der Waals surface area contributed by atoms with Crippen molar-refractivity contribution in [1.82, 2.24) is 15.5 Å². The number of carboxylic acid groups (broad SMARTS) is 3. The van der Waals surface area contributed by atoms with E-state index in [0.29, 0.717) is 12.6 Å². The average molecular weight is 545 g/mol. The highest BCUT2D eigenvalue weighted by molar-refractivity contribution is 5.83. The van der Waals surface area contributed by atoms with Crippen molar-refractivity contribution in [2.45, 2.75) is 63.5 Å². The number of fused-ring (bicyclic) bond motifs is 1. The number of halogens is 6. The summed E-state index contributed by atoms with van der Waals surface area (Å²) in [5.41, 5.74) is 2.13. The summed E-state index contributed by atoms with van der Waals surface area (Å²) in [5, 5.41) is 34.4. The highest BCUT2D eigenvalue weighted by atomic mass is 19.4. The van der Waals surface area contributed by atoms with Crippen LogP contribution in [-0.4, -0.2) is 74.5 Å². The number of alkyl halides is 6. The smallest absolute Gasteiger partial charge is 0.490 e. The van der Waals surface area contributed by atoms with Crippen LogP contribution in [0.2, 0.25) is 0 Å². The number of carboxylic acids is 3. The van der Waals surface area contributed by atoms with E-state index >= 15 is 0 Å². The Labute approximate surface area is 205 Å². The molecule has 3 rings (SSSR count). The molecule has 1 aliphatic rings. The highest BCUT2D eigenvalue weighted by Gasteiger charge is 2.38. The number of rotatable bonds is 6. The molecule has 1 saturated carbocycles. The van der Waals surface area contributed by atoms with Gasteiger partial charge < -0.3 is 25.4 Å². The Morgan fingerprint density at radius 2 is 1.62 bits per heavy atom. The molecule has 1 aliphatic carbocycles. The summed E-state index contributed by atoms with van der Waals surface area (Å²) in [6.45, 7) is 2.57. The standard InChI is InChI=1S/C17H23N3O3.2C2HF3O2/c1-11-14-10-19-20-15(14)5-6-16(11)23-13-4-2-3-12(9-13)18-8-7-17(21)22;2*3-2(4,5)1(6)7/h5-6,10,12-13,18H,2-4,7-9H2,1H3,(H,19,20)(H,21,22);2*(H,6,7)/t12-,13+;;/m1../s1. The summed E-state index contributed by atoms with van der Waals surface area (Å²) in [6, 6.07) is 4.33. The molecule has 16 heteroatoms. The van der Waals surface area contributed by atoms with Gasteiger partial charge in [0.15, 0.2) is 0 Å². The predicted molar refractivity (Wildman–Crippen MR) is 115 cm³/mol. The SMILES string of the molecule is Cc1c(O[C@H]2CCC[C@@H](NCCC(=O)O)C2)ccc2[nH]ncc12.O=C(O)C(F)(F)F.O=C(O)C(F)(F)F. The predicted octanol–water partition coefficient (Wildman–Crippen LogP) is 3.89. The maximum absolute atomic E-state index is 10.6. The van der Waals surface area contributed by atoms with Crippen molar-refractivity contribution in [1.29, 1.82) is 0 Å². The lowest BCUT2D eigenvalue weighted by Crippen LogP contribution is -2.39. The molecular weight excluding hydrogens is 520 g/mol. The summed E-state index contributed by atoms with van der Waals surface area (Å²) in [4.78, 5) is 28.4. The highest BCUT2D eigenvalue weighted by Crippen LogP contribution is 2.30. The van der Waals surface area contributed by atoms with E-state index in [1.54, 1.807) is 0 Å². The summed E-state index contributed by atoms with van der Waals surface area (Å²) < 4.78 is 69.7. The maximum Gasteiger partial charge on any atom is 0.490 e. The molecule has 1 aromatic heterocycles. The fourth-order valence-electron chi connectivity index (χ4n) is 3.27. The summed E-state index contributed by atoms with van der Waals surface area (Å²) in [7, 11) is 0. The van der Waals surface area contributed by atoms with Gasteiger partial charge in [-0.05, 0) is 44.7 Å². The van der Waals surface area contributed by atoms with E-state index in [2.05, 4.69) is 22.4 Å². The number of benzene rings is 1. The van der Waals surface area contributed by atoms with Crippen LogP contribution >= 0.6 is 0 Å². The average Bonchev–Trinajstić information content (AvgIpc) is 3.25. The lowest BCUT2D eigenvalue weighted by atomic mass is 9.92. The van der Waals surface area contributed by atoms with E-state index in [4.69, 9.17) is 29.6 Å². The van der Waals surface area contributed by atoms with Crippen molar-refractivity contribution in [3.8, 4) is 5.75 Å². The first kappa shape index (κ1) is 31.5. The molecule has 0 bridgehead atoms. The Morgan fingerprint density at radius 1 is 1.05 bits per heavy atom. The van der Waals surface area contributed by atoms with Gasteiger partial charge in [0, 0.05) is 23.5 Å². The number of aryl methyl sites for hydroxylation is 1. The van der Waals surface area contributed by atoms with Crippen LogP contribution < -0.4 is 10.1 Å². The molecule has 1 fully saturated rings. The number of hydrogen-bond acceptors (Lipinski definition) is 6. The number of aliphatic carboxylic acids is 3. The first-order chi connectivity index (χ1) is 17.0. The van der Waals surface area contributed by atoms with Crippen LogP contribution in [0.5, 0.6) is 5.75 Å². The summed E-state index contributed by atoms with van der Waals surface area (Å²) in [6.07, 6.45) is -3.86. The number of nitrogens with one attached hydrogen (secondary N) is 2. The number of H-pyrrole nitrogens is 1. The minimum atomic E-state index is -5.08. The van der Waals surface area contributed by atoms with Crippen molar-refractivity contribution >= 4 is 28.8 Å².